The molecular weight excluding hydrogens is 342 g/mol. The van der Waals surface area contributed by atoms with Crippen LogP contribution in [0.5, 0.6) is 0 Å². The Morgan fingerprint density at radius 1 is 1.41 bits per heavy atom. The van der Waals surface area contributed by atoms with Gasteiger partial charge in [-0.25, -0.2) is 0 Å². The van der Waals surface area contributed by atoms with Crippen LogP contribution in [0.15, 0.2) is 36.4 Å². The van der Waals surface area contributed by atoms with Crippen molar-refractivity contribution in [3.8, 4) is 0 Å². The lowest BCUT2D eigenvalue weighted by Crippen LogP contribution is -2.44. The first-order valence-corrected chi connectivity index (χ1v) is 9.46. The predicted molar refractivity (Wildman–Crippen MR) is 101 cm³/mol. The highest BCUT2D eigenvalue weighted by molar-refractivity contribution is 5.93. The van der Waals surface area contributed by atoms with E-state index in [1.54, 1.807) is 11.9 Å². The highest BCUT2D eigenvalue weighted by Crippen LogP contribution is 2.51. The van der Waals surface area contributed by atoms with Crippen LogP contribution in [0.4, 0.5) is 0 Å². The minimum absolute atomic E-state index is 0.00877. The van der Waals surface area contributed by atoms with Crippen LogP contribution in [0.3, 0.4) is 0 Å². The Morgan fingerprint density at radius 2 is 2.22 bits per heavy atom. The van der Waals surface area contributed by atoms with Crippen molar-refractivity contribution in [1.82, 2.24) is 15.2 Å². The van der Waals surface area contributed by atoms with Crippen molar-refractivity contribution < 1.29 is 14.3 Å². The van der Waals surface area contributed by atoms with Crippen molar-refractivity contribution in [3.05, 3.63) is 47.7 Å². The Hall–Kier alpha value is -2.60. The molecule has 0 radical (unpaired) electrons. The van der Waals surface area contributed by atoms with Crippen LogP contribution in [0, 0.1) is 18.8 Å². The van der Waals surface area contributed by atoms with Crippen LogP contribution in [0.2, 0.25) is 0 Å². The number of amides is 2. The minimum atomic E-state index is -0.605. The second-order valence-corrected chi connectivity index (χ2v) is 7.91. The lowest BCUT2D eigenvalue weighted by molar-refractivity contribution is -0.136. The van der Waals surface area contributed by atoms with Gasteiger partial charge >= 0.3 is 0 Å². The molecule has 4 heterocycles. The molecule has 0 saturated carbocycles. The molecule has 6 nitrogen and oxygen atoms in total. The van der Waals surface area contributed by atoms with Gasteiger partial charge in [-0.1, -0.05) is 30.4 Å². The number of aromatic nitrogens is 1. The SMILES string of the molecule is Cc1[nH]c2ccccc2c1CCNC(=O)C1C2C=CC3(CN(C)C(=O)C13)O2. The van der Waals surface area contributed by atoms with Gasteiger partial charge in [0.25, 0.3) is 0 Å². The number of hydrogen-bond acceptors (Lipinski definition) is 3. The van der Waals surface area contributed by atoms with Crippen LogP contribution in [0.25, 0.3) is 10.9 Å². The van der Waals surface area contributed by atoms with Crippen LogP contribution >= 0.6 is 0 Å². The van der Waals surface area contributed by atoms with Crippen molar-refractivity contribution in [2.24, 2.45) is 11.8 Å². The summed E-state index contributed by atoms with van der Waals surface area (Å²) in [5.41, 5.74) is 2.86. The zero-order chi connectivity index (χ0) is 18.8. The molecule has 5 rings (SSSR count). The largest absolute Gasteiger partial charge is 0.360 e. The second kappa shape index (κ2) is 5.70. The number of nitrogens with one attached hydrogen (secondary N) is 2. The molecule has 4 unspecified atom stereocenters. The summed E-state index contributed by atoms with van der Waals surface area (Å²) in [7, 11) is 1.77. The summed E-state index contributed by atoms with van der Waals surface area (Å²) in [6.07, 6.45) is 4.38. The number of para-hydroxylation sites is 1. The van der Waals surface area contributed by atoms with Crippen molar-refractivity contribution in [2.45, 2.75) is 25.0 Å². The predicted octanol–water partition coefficient (Wildman–Crippen LogP) is 1.55. The fourth-order valence-electron chi connectivity index (χ4n) is 5.08. The standard InChI is InChI=1S/C21H23N3O3/c1-12-13(14-5-3-4-6-15(14)23-12)8-10-22-19(25)17-16-7-9-21(27-16)11-24(2)20(26)18(17)21/h3-7,9,16-18,23H,8,10-11H2,1-2H3,(H,22,25). The van der Waals surface area contributed by atoms with E-state index in [2.05, 4.69) is 29.4 Å². The fourth-order valence-corrected chi connectivity index (χ4v) is 5.08. The fraction of sp³-hybridized carbons (Fsp3) is 0.429. The van der Waals surface area contributed by atoms with E-state index in [0.29, 0.717) is 13.1 Å². The lowest BCUT2D eigenvalue weighted by Gasteiger charge is -2.23. The van der Waals surface area contributed by atoms with Gasteiger partial charge in [0.05, 0.1) is 24.5 Å². The van der Waals surface area contributed by atoms with Gasteiger partial charge in [0.2, 0.25) is 11.8 Å². The molecule has 1 aromatic carbocycles. The third-order valence-corrected chi connectivity index (χ3v) is 6.29. The van der Waals surface area contributed by atoms with Crippen LogP contribution in [0.1, 0.15) is 11.3 Å². The molecule has 3 aliphatic rings. The Balaban J connectivity index is 1.30. The molecule has 2 fully saturated rings. The highest BCUT2D eigenvalue weighted by atomic mass is 16.5. The van der Waals surface area contributed by atoms with E-state index >= 15 is 0 Å². The van der Waals surface area contributed by atoms with Gasteiger partial charge in [-0.05, 0) is 25.0 Å². The number of H-pyrrole nitrogens is 1. The Bertz CT molecular complexity index is 978. The number of nitrogens with zero attached hydrogens (tertiary/aromatic N) is 1. The molecular formula is C21H23N3O3. The topological polar surface area (TPSA) is 74.4 Å². The Kier molecular flexibility index (Phi) is 3.49. The summed E-state index contributed by atoms with van der Waals surface area (Å²) < 4.78 is 6.05. The maximum absolute atomic E-state index is 12.9. The molecule has 140 valence electrons. The summed E-state index contributed by atoms with van der Waals surface area (Å²) in [6.45, 7) is 3.13. The molecule has 1 aromatic heterocycles. The first-order valence-electron chi connectivity index (χ1n) is 9.46. The van der Waals surface area contributed by atoms with Gasteiger partial charge < -0.3 is 19.9 Å². The highest BCUT2D eigenvalue weighted by Gasteiger charge is 2.66. The Labute approximate surface area is 157 Å². The van der Waals surface area contributed by atoms with Gasteiger partial charge in [0.15, 0.2) is 0 Å². The van der Waals surface area contributed by atoms with E-state index < -0.39 is 17.4 Å². The number of benzene rings is 1. The first-order chi connectivity index (χ1) is 13.0. The molecule has 2 bridgehead atoms. The molecule has 6 heteroatoms. The summed E-state index contributed by atoms with van der Waals surface area (Å²) in [5, 5.41) is 4.24. The number of carbonyl (C=O) groups is 2. The summed E-state index contributed by atoms with van der Waals surface area (Å²) in [5.74, 6) is -0.907. The number of aromatic amines is 1. The van der Waals surface area contributed by atoms with E-state index in [-0.39, 0.29) is 17.9 Å². The van der Waals surface area contributed by atoms with Gasteiger partial charge in [0, 0.05) is 30.2 Å². The van der Waals surface area contributed by atoms with Crippen LogP contribution in [-0.4, -0.2) is 53.5 Å². The van der Waals surface area contributed by atoms with Crippen LogP contribution in [-0.2, 0) is 20.7 Å². The number of aryl methyl sites for hydroxylation is 1. The molecule has 3 aliphatic heterocycles. The number of rotatable bonds is 4. The van der Waals surface area contributed by atoms with E-state index in [1.807, 2.05) is 24.3 Å². The number of ether oxygens (including phenoxy) is 1. The van der Waals surface area contributed by atoms with Gasteiger partial charge in [-0.15, -0.1) is 0 Å². The molecule has 0 aliphatic carbocycles. The molecule has 1 spiro atoms. The number of likely N-dealkylation sites (tertiary alicyclic amines) is 1. The third kappa shape index (κ3) is 2.29. The molecule has 2 saturated heterocycles. The molecule has 2 N–H and O–H groups in total. The number of fused-ring (bicyclic) bond motifs is 2. The average molecular weight is 365 g/mol. The van der Waals surface area contributed by atoms with Crippen molar-refractivity contribution in [1.29, 1.82) is 0 Å². The minimum Gasteiger partial charge on any atom is -0.360 e. The third-order valence-electron chi connectivity index (χ3n) is 6.29. The van der Waals surface area contributed by atoms with Gasteiger partial charge in [-0.3, -0.25) is 9.59 Å². The maximum Gasteiger partial charge on any atom is 0.229 e. The quantitative estimate of drug-likeness (QED) is 0.808. The number of likely N-dealkylation sites (N-methyl/N-ethyl adjacent to an activating group) is 1. The zero-order valence-electron chi connectivity index (χ0n) is 15.5. The van der Waals surface area contributed by atoms with Crippen molar-refractivity contribution >= 4 is 22.7 Å². The smallest absolute Gasteiger partial charge is 0.229 e. The normalized spacial score (nSPS) is 31.1. The summed E-state index contributed by atoms with van der Waals surface area (Å²) in [4.78, 5) is 30.5. The molecule has 4 atom stereocenters. The average Bonchev–Trinajstić information content (AvgIpc) is 3.35. The monoisotopic (exact) mass is 365 g/mol. The maximum atomic E-state index is 12.9. The molecule has 2 amide bonds. The van der Waals surface area contributed by atoms with E-state index in [9.17, 15) is 9.59 Å². The first kappa shape index (κ1) is 16.6. The Morgan fingerprint density at radius 3 is 3.07 bits per heavy atom. The van der Waals surface area contributed by atoms with Gasteiger partial charge in [0.1, 0.15) is 5.60 Å². The van der Waals surface area contributed by atoms with Gasteiger partial charge in [-0.2, -0.15) is 0 Å². The zero-order valence-corrected chi connectivity index (χ0v) is 15.5. The van der Waals surface area contributed by atoms with E-state index in [1.165, 1.54) is 10.9 Å². The van der Waals surface area contributed by atoms with E-state index in [4.69, 9.17) is 4.74 Å². The van der Waals surface area contributed by atoms with E-state index in [0.717, 1.165) is 17.6 Å². The number of hydrogen-bond donors (Lipinski definition) is 2. The second-order valence-electron chi connectivity index (χ2n) is 7.91. The van der Waals surface area contributed by atoms with Crippen molar-refractivity contribution in [3.63, 3.8) is 0 Å². The molecule has 2 aromatic rings. The van der Waals surface area contributed by atoms with Crippen LogP contribution < -0.4 is 5.32 Å². The van der Waals surface area contributed by atoms with Crippen molar-refractivity contribution in [2.75, 3.05) is 20.1 Å². The summed E-state index contributed by atoms with van der Waals surface area (Å²) >= 11 is 0. The number of carbonyl (C=O) groups excluding carboxylic acids is 2. The lowest BCUT2D eigenvalue weighted by atomic mass is 9.77. The molecule has 27 heavy (non-hydrogen) atoms. The summed E-state index contributed by atoms with van der Waals surface area (Å²) in [6, 6.07) is 8.20.